The fourth-order valence-electron chi connectivity index (χ4n) is 2.66. The molecular weight excluding hydrogens is 310 g/mol. The number of benzene rings is 1. The average Bonchev–Trinajstić information content (AvgIpc) is 3.18. The summed E-state index contributed by atoms with van der Waals surface area (Å²) in [7, 11) is 0. The van der Waals surface area contributed by atoms with E-state index in [-0.39, 0.29) is 24.9 Å². The molecule has 2 heterocycles. The lowest BCUT2D eigenvalue weighted by Crippen LogP contribution is -2.40. The van der Waals surface area contributed by atoms with E-state index >= 15 is 0 Å². The van der Waals surface area contributed by atoms with Crippen LogP contribution in [0.4, 0.5) is 0 Å². The van der Waals surface area contributed by atoms with Crippen molar-refractivity contribution in [2.24, 2.45) is 5.41 Å². The van der Waals surface area contributed by atoms with Gasteiger partial charge in [-0.3, -0.25) is 0 Å². The fraction of sp³-hybridized carbons (Fsp3) is 0.529. The molecule has 2 N–H and O–H groups in total. The van der Waals surface area contributed by atoms with Gasteiger partial charge in [-0.15, -0.1) is 0 Å². The minimum atomic E-state index is 0.0307. The summed E-state index contributed by atoms with van der Waals surface area (Å²) >= 11 is 0. The molecule has 0 saturated carbocycles. The van der Waals surface area contributed by atoms with Gasteiger partial charge in [-0.05, 0) is 30.0 Å². The first-order valence-electron chi connectivity index (χ1n) is 8.04. The van der Waals surface area contributed by atoms with Crippen molar-refractivity contribution in [3.05, 3.63) is 24.1 Å². The highest BCUT2D eigenvalue weighted by molar-refractivity contribution is 5.61. The number of rotatable bonds is 6. The van der Waals surface area contributed by atoms with Gasteiger partial charge in [0.1, 0.15) is 0 Å². The summed E-state index contributed by atoms with van der Waals surface area (Å²) in [4.78, 5) is 4.42. The summed E-state index contributed by atoms with van der Waals surface area (Å²) in [6.45, 7) is 7.23. The quantitative estimate of drug-likeness (QED) is 0.838. The predicted octanol–water partition coefficient (Wildman–Crippen LogP) is 2.35. The lowest BCUT2D eigenvalue weighted by molar-refractivity contribution is 0.174. The Hall–Kier alpha value is -2.12. The van der Waals surface area contributed by atoms with E-state index in [1.807, 2.05) is 18.2 Å². The number of aliphatic hydroxyl groups excluding tert-OH is 1. The number of hydrogen-bond acceptors (Lipinski definition) is 7. The van der Waals surface area contributed by atoms with Crippen LogP contribution >= 0.6 is 0 Å². The van der Waals surface area contributed by atoms with Crippen molar-refractivity contribution >= 4 is 0 Å². The summed E-state index contributed by atoms with van der Waals surface area (Å²) in [5, 5.41) is 16.6. The monoisotopic (exact) mass is 333 g/mol. The summed E-state index contributed by atoms with van der Waals surface area (Å²) in [5.41, 5.74) is 0.847. The summed E-state index contributed by atoms with van der Waals surface area (Å²) in [6, 6.07) is 5.71. The predicted molar refractivity (Wildman–Crippen MR) is 87.6 cm³/mol. The number of aromatic nitrogens is 2. The van der Waals surface area contributed by atoms with E-state index in [4.69, 9.17) is 14.0 Å². The van der Waals surface area contributed by atoms with Crippen LogP contribution in [0.25, 0.3) is 11.4 Å². The van der Waals surface area contributed by atoms with Gasteiger partial charge in [0, 0.05) is 18.2 Å². The molecule has 24 heavy (non-hydrogen) atoms. The van der Waals surface area contributed by atoms with Crippen LogP contribution in [0, 0.1) is 5.41 Å². The minimum Gasteiger partial charge on any atom is -0.454 e. The Morgan fingerprint density at radius 3 is 2.79 bits per heavy atom. The van der Waals surface area contributed by atoms with Crippen LogP contribution in [0.3, 0.4) is 0 Å². The van der Waals surface area contributed by atoms with Gasteiger partial charge >= 0.3 is 0 Å². The Morgan fingerprint density at radius 2 is 2.04 bits per heavy atom. The maximum Gasteiger partial charge on any atom is 0.240 e. The highest BCUT2D eigenvalue weighted by Crippen LogP contribution is 2.35. The zero-order chi connectivity index (χ0) is 17.2. The molecule has 0 radical (unpaired) electrons. The normalized spacial score (nSPS) is 14.8. The molecule has 1 aliphatic heterocycles. The first-order valence-corrected chi connectivity index (χ1v) is 8.04. The lowest BCUT2D eigenvalue weighted by atomic mass is 9.85. The first-order chi connectivity index (χ1) is 11.5. The van der Waals surface area contributed by atoms with Crippen molar-refractivity contribution in [3.8, 4) is 22.9 Å². The maximum absolute atomic E-state index is 9.21. The van der Waals surface area contributed by atoms with Crippen molar-refractivity contribution < 1.29 is 19.1 Å². The molecule has 7 heteroatoms. The molecule has 3 rings (SSSR count). The number of nitrogens with zero attached hydrogens (tertiary/aromatic N) is 2. The molecule has 0 aliphatic carbocycles. The van der Waals surface area contributed by atoms with Crippen LogP contribution in [-0.4, -0.2) is 34.7 Å². The highest BCUT2D eigenvalue weighted by atomic mass is 16.7. The molecule has 0 fully saturated rings. The largest absolute Gasteiger partial charge is 0.454 e. The summed E-state index contributed by atoms with van der Waals surface area (Å²) in [6.07, 6.45) is 0.673. The molecule has 0 saturated heterocycles. The van der Waals surface area contributed by atoms with Crippen molar-refractivity contribution in [1.29, 1.82) is 0 Å². The zero-order valence-corrected chi connectivity index (χ0v) is 14.2. The molecule has 1 aliphatic rings. The van der Waals surface area contributed by atoms with Gasteiger partial charge in [0.2, 0.25) is 18.5 Å². The molecule has 0 spiro atoms. The van der Waals surface area contributed by atoms with Crippen LogP contribution in [0.15, 0.2) is 22.7 Å². The van der Waals surface area contributed by atoms with Crippen LogP contribution in [0.2, 0.25) is 0 Å². The lowest BCUT2D eigenvalue weighted by Gasteiger charge is -2.30. The minimum absolute atomic E-state index is 0.0307. The third kappa shape index (κ3) is 3.68. The van der Waals surface area contributed by atoms with Crippen LogP contribution in [0.1, 0.15) is 33.1 Å². The molecule has 0 unspecified atom stereocenters. The maximum atomic E-state index is 9.21. The smallest absolute Gasteiger partial charge is 0.240 e. The Balaban J connectivity index is 1.67. The highest BCUT2D eigenvalue weighted by Gasteiger charge is 2.24. The average molecular weight is 333 g/mol. The van der Waals surface area contributed by atoms with Crippen molar-refractivity contribution in [2.45, 2.75) is 39.8 Å². The van der Waals surface area contributed by atoms with Crippen molar-refractivity contribution in [1.82, 2.24) is 15.5 Å². The number of nitrogens with one attached hydrogen (secondary N) is 1. The summed E-state index contributed by atoms with van der Waals surface area (Å²) in [5.74, 6) is 2.43. The third-order valence-electron chi connectivity index (χ3n) is 4.06. The molecule has 7 nitrogen and oxygen atoms in total. The Labute approximate surface area is 141 Å². The number of fused-ring (bicyclic) bond motifs is 1. The van der Waals surface area contributed by atoms with Gasteiger partial charge < -0.3 is 24.4 Å². The summed E-state index contributed by atoms with van der Waals surface area (Å²) < 4.78 is 16.0. The van der Waals surface area contributed by atoms with Gasteiger partial charge in [0.25, 0.3) is 0 Å². The third-order valence-corrected chi connectivity index (χ3v) is 4.06. The van der Waals surface area contributed by atoms with E-state index in [2.05, 4.69) is 36.2 Å². The number of hydrogen-bond donors (Lipinski definition) is 2. The molecule has 2 aromatic rings. The van der Waals surface area contributed by atoms with Crippen molar-refractivity contribution in [3.63, 3.8) is 0 Å². The molecule has 1 aromatic carbocycles. The molecule has 1 aromatic heterocycles. The molecule has 0 bridgehead atoms. The molecular formula is C17H23N3O4. The van der Waals surface area contributed by atoms with Crippen molar-refractivity contribution in [2.75, 3.05) is 13.4 Å². The fourth-order valence-corrected chi connectivity index (χ4v) is 2.66. The van der Waals surface area contributed by atoms with Crippen LogP contribution < -0.4 is 14.8 Å². The van der Waals surface area contributed by atoms with Gasteiger partial charge in [0.15, 0.2) is 11.5 Å². The van der Waals surface area contributed by atoms with E-state index in [0.717, 1.165) is 11.3 Å². The van der Waals surface area contributed by atoms with Crippen LogP contribution in [0.5, 0.6) is 11.5 Å². The van der Waals surface area contributed by atoms with Crippen LogP contribution in [-0.2, 0) is 6.54 Å². The number of ether oxygens (including phenoxy) is 2. The van der Waals surface area contributed by atoms with E-state index in [0.29, 0.717) is 30.4 Å². The Bertz CT molecular complexity index is 693. The van der Waals surface area contributed by atoms with Gasteiger partial charge in [-0.2, -0.15) is 4.98 Å². The molecule has 0 amide bonds. The topological polar surface area (TPSA) is 89.6 Å². The molecule has 1 atom stereocenters. The van der Waals surface area contributed by atoms with E-state index in [1.54, 1.807) is 0 Å². The second-order valence-electron chi connectivity index (χ2n) is 6.89. The van der Waals surface area contributed by atoms with Gasteiger partial charge in [-0.1, -0.05) is 25.9 Å². The second-order valence-corrected chi connectivity index (χ2v) is 6.89. The zero-order valence-electron chi connectivity index (χ0n) is 14.2. The first kappa shape index (κ1) is 16.7. The van der Waals surface area contributed by atoms with E-state index < -0.39 is 0 Å². The van der Waals surface area contributed by atoms with E-state index in [9.17, 15) is 5.11 Å². The molecule has 130 valence electrons. The Kier molecular flexibility index (Phi) is 4.73. The number of aliphatic hydroxyl groups is 1. The Morgan fingerprint density at radius 1 is 1.25 bits per heavy atom. The van der Waals surface area contributed by atoms with E-state index in [1.165, 1.54) is 0 Å². The van der Waals surface area contributed by atoms with Gasteiger partial charge in [0.05, 0.1) is 6.54 Å². The second kappa shape index (κ2) is 6.78. The van der Waals surface area contributed by atoms with Gasteiger partial charge in [-0.25, -0.2) is 0 Å². The standard InChI is InChI=1S/C17H23N3O4/c1-17(2,3)14(6-7-21)18-9-15-19-16(20-24-15)11-4-5-12-13(8-11)23-10-22-12/h4-5,8,14,18,21H,6-7,9-10H2,1-3H3/t14-/m0/s1. The SMILES string of the molecule is CC(C)(C)[C@H](CCO)NCc1nc(-c2ccc3c(c2)OCO3)no1.